The van der Waals surface area contributed by atoms with Crippen molar-refractivity contribution in [1.29, 1.82) is 0 Å². The van der Waals surface area contributed by atoms with Crippen LogP contribution in [0, 0.1) is 5.92 Å². The number of carbonyl (C=O) groups excluding carboxylic acids is 2. The van der Waals surface area contributed by atoms with Crippen molar-refractivity contribution in [2.24, 2.45) is 5.92 Å². The first-order valence-corrected chi connectivity index (χ1v) is 6.24. The maximum Gasteiger partial charge on any atom is 0.286 e. The second-order valence-electron chi connectivity index (χ2n) is 3.92. The second kappa shape index (κ2) is 5.23. The lowest BCUT2D eigenvalue weighted by atomic mass is 10.1. The summed E-state index contributed by atoms with van der Waals surface area (Å²) in [5, 5.41) is 1.66. The van der Waals surface area contributed by atoms with Crippen LogP contribution in [-0.4, -0.2) is 23.0 Å². The molecular weight excluding hydrogens is 238 g/mol. The van der Waals surface area contributed by atoms with Gasteiger partial charge in [0.15, 0.2) is 0 Å². The Labute approximate surface area is 104 Å². The molecule has 1 N–H and O–H groups in total. The number of thioether (sulfide) groups is 1. The summed E-state index contributed by atoms with van der Waals surface area (Å²) in [5.41, 5.74) is 0. The zero-order valence-corrected chi connectivity index (χ0v) is 10.2. The lowest BCUT2D eigenvalue weighted by Gasteiger charge is -2.15. The van der Waals surface area contributed by atoms with E-state index in [0.717, 1.165) is 17.5 Å². The molecule has 0 aliphatic carbocycles. The van der Waals surface area contributed by atoms with Crippen LogP contribution in [0.2, 0.25) is 0 Å². The van der Waals surface area contributed by atoms with Crippen molar-refractivity contribution >= 4 is 22.9 Å². The van der Waals surface area contributed by atoms with Gasteiger partial charge in [0.2, 0.25) is 5.91 Å². The number of benzene rings is 1. The Morgan fingerprint density at radius 1 is 1.35 bits per heavy atom. The Kier molecular flexibility index (Phi) is 3.68. The van der Waals surface area contributed by atoms with Crippen LogP contribution in [0.4, 0.5) is 4.79 Å². The summed E-state index contributed by atoms with van der Waals surface area (Å²) >= 11 is 1.04. The first-order chi connectivity index (χ1) is 8.16. The number of nitrogens with one attached hydrogen (secondary N) is 1. The monoisotopic (exact) mass is 251 g/mol. The Balaban J connectivity index is 1.87. The number of hydrogen-bond acceptors (Lipinski definition) is 4. The summed E-state index contributed by atoms with van der Waals surface area (Å²) in [6, 6.07) is 9.41. The van der Waals surface area contributed by atoms with Gasteiger partial charge in [-0.05, 0) is 12.1 Å². The molecule has 1 saturated heterocycles. The van der Waals surface area contributed by atoms with Gasteiger partial charge in [-0.15, -0.1) is 0 Å². The van der Waals surface area contributed by atoms with Gasteiger partial charge in [0.25, 0.3) is 5.24 Å². The maximum absolute atomic E-state index is 11.4. The average molecular weight is 251 g/mol. The molecule has 1 aliphatic heterocycles. The molecule has 1 fully saturated rings. The molecule has 2 rings (SSSR count). The third kappa shape index (κ3) is 3.00. The largest absolute Gasteiger partial charge is 0.493 e. The first kappa shape index (κ1) is 12.0. The number of para-hydroxylation sites is 1. The highest BCUT2D eigenvalue weighted by Crippen LogP contribution is 2.26. The average Bonchev–Trinajstić information content (AvgIpc) is 2.67. The van der Waals surface area contributed by atoms with Crippen molar-refractivity contribution in [3.8, 4) is 5.75 Å². The molecule has 90 valence electrons. The van der Waals surface area contributed by atoms with Gasteiger partial charge in [-0.25, -0.2) is 0 Å². The van der Waals surface area contributed by atoms with Gasteiger partial charge in [-0.3, -0.25) is 14.9 Å². The van der Waals surface area contributed by atoms with Crippen LogP contribution in [0.1, 0.15) is 6.92 Å². The van der Waals surface area contributed by atoms with Crippen molar-refractivity contribution in [1.82, 2.24) is 5.32 Å². The van der Waals surface area contributed by atoms with E-state index in [1.165, 1.54) is 0 Å². The van der Waals surface area contributed by atoms with Crippen molar-refractivity contribution in [3.63, 3.8) is 0 Å². The van der Waals surface area contributed by atoms with Crippen LogP contribution in [0.25, 0.3) is 0 Å². The minimum Gasteiger partial charge on any atom is -0.493 e. The number of hydrogen-bond donors (Lipinski definition) is 1. The summed E-state index contributed by atoms with van der Waals surface area (Å²) in [5.74, 6) is 0.546. The lowest BCUT2D eigenvalue weighted by Crippen LogP contribution is -2.31. The maximum atomic E-state index is 11.4. The van der Waals surface area contributed by atoms with E-state index in [2.05, 4.69) is 5.32 Å². The fraction of sp³-hybridized carbons (Fsp3) is 0.333. The Hall–Kier alpha value is -1.49. The molecule has 1 heterocycles. The SMILES string of the molecule is C[C@@H](COc1ccccc1)[C@@H]1SC(=O)NC1=O. The molecule has 0 spiro atoms. The molecule has 2 atom stereocenters. The molecule has 1 aliphatic rings. The third-order valence-corrected chi connectivity index (χ3v) is 3.74. The molecular formula is C12H13NO3S. The summed E-state index contributed by atoms with van der Waals surface area (Å²) < 4.78 is 5.56. The number of amides is 2. The molecule has 4 nitrogen and oxygen atoms in total. The topological polar surface area (TPSA) is 55.4 Å². The van der Waals surface area contributed by atoms with Crippen molar-refractivity contribution in [2.75, 3.05) is 6.61 Å². The second-order valence-corrected chi connectivity index (χ2v) is 5.03. The van der Waals surface area contributed by atoms with Crippen LogP contribution < -0.4 is 10.1 Å². The molecule has 0 bridgehead atoms. The molecule has 0 saturated carbocycles. The molecule has 0 aromatic heterocycles. The van der Waals surface area contributed by atoms with Crippen LogP contribution in [0.3, 0.4) is 0 Å². The Bertz CT molecular complexity index is 421. The molecule has 1 aromatic rings. The van der Waals surface area contributed by atoms with E-state index in [4.69, 9.17) is 4.74 Å². The Morgan fingerprint density at radius 2 is 2.06 bits per heavy atom. The predicted molar refractivity (Wildman–Crippen MR) is 66.0 cm³/mol. The molecule has 0 unspecified atom stereocenters. The first-order valence-electron chi connectivity index (χ1n) is 5.36. The highest BCUT2D eigenvalue weighted by atomic mass is 32.2. The quantitative estimate of drug-likeness (QED) is 0.889. The smallest absolute Gasteiger partial charge is 0.286 e. The van der Waals surface area contributed by atoms with E-state index in [-0.39, 0.29) is 22.3 Å². The predicted octanol–water partition coefficient (Wildman–Crippen LogP) is 2.05. The number of carbonyl (C=O) groups is 2. The van der Waals surface area contributed by atoms with Gasteiger partial charge in [-0.1, -0.05) is 36.9 Å². The minimum absolute atomic E-state index is 0.00773. The molecule has 1 aromatic carbocycles. The van der Waals surface area contributed by atoms with E-state index in [9.17, 15) is 9.59 Å². The van der Waals surface area contributed by atoms with Crippen molar-refractivity contribution in [2.45, 2.75) is 12.2 Å². The summed E-state index contributed by atoms with van der Waals surface area (Å²) in [7, 11) is 0. The van der Waals surface area contributed by atoms with Gasteiger partial charge < -0.3 is 4.74 Å². The van der Waals surface area contributed by atoms with E-state index in [0.29, 0.717) is 6.61 Å². The van der Waals surface area contributed by atoms with E-state index >= 15 is 0 Å². The highest BCUT2D eigenvalue weighted by molar-refractivity contribution is 8.15. The molecule has 0 radical (unpaired) electrons. The zero-order valence-electron chi connectivity index (χ0n) is 9.38. The fourth-order valence-corrected chi connectivity index (χ4v) is 2.44. The zero-order chi connectivity index (χ0) is 12.3. The van der Waals surface area contributed by atoms with E-state index in [1.807, 2.05) is 37.3 Å². The Morgan fingerprint density at radius 3 is 2.65 bits per heavy atom. The van der Waals surface area contributed by atoms with E-state index in [1.54, 1.807) is 0 Å². The third-order valence-electron chi connectivity index (χ3n) is 2.49. The summed E-state index contributed by atoms with van der Waals surface area (Å²) in [4.78, 5) is 22.5. The normalized spacial score (nSPS) is 21.1. The van der Waals surface area contributed by atoms with Crippen molar-refractivity contribution < 1.29 is 14.3 Å². The standard InChI is InChI=1S/C12H13NO3S/c1-8(10-11(14)13-12(15)17-10)7-16-9-5-3-2-4-6-9/h2-6,8,10H,7H2,1H3,(H,13,14,15)/t8-,10-/m0/s1. The van der Waals surface area contributed by atoms with Gasteiger partial charge in [-0.2, -0.15) is 0 Å². The van der Waals surface area contributed by atoms with Crippen LogP contribution >= 0.6 is 11.8 Å². The van der Waals surface area contributed by atoms with Gasteiger partial charge in [0, 0.05) is 5.92 Å². The van der Waals surface area contributed by atoms with Crippen LogP contribution in [0.5, 0.6) is 5.75 Å². The van der Waals surface area contributed by atoms with E-state index < -0.39 is 0 Å². The van der Waals surface area contributed by atoms with Gasteiger partial charge in [0.05, 0.1) is 11.9 Å². The summed E-state index contributed by atoms with van der Waals surface area (Å²) in [6.07, 6.45) is 0. The lowest BCUT2D eigenvalue weighted by molar-refractivity contribution is -0.119. The number of rotatable bonds is 4. The number of imide groups is 1. The minimum atomic E-state index is -0.341. The van der Waals surface area contributed by atoms with Crippen LogP contribution in [0.15, 0.2) is 30.3 Å². The van der Waals surface area contributed by atoms with Gasteiger partial charge >= 0.3 is 0 Å². The molecule has 5 heteroatoms. The molecule has 17 heavy (non-hydrogen) atoms. The van der Waals surface area contributed by atoms with Crippen molar-refractivity contribution in [3.05, 3.63) is 30.3 Å². The fourth-order valence-electron chi connectivity index (χ4n) is 1.58. The highest BCUT2D eigenvalue weighted by Gasteiger charge is 2.35. The van der Waals surface area contributed by atoms with Gasteiger partial charge in [0.1, 0.15) is 5.75 Å². The summed E-state index contributed by atoms with van der Waals surface area (Å²) in [6.45, 7) is 2.32. The molecule has 2 amide bonds. The number of ether oxygens (including phenoxy) is 1. The van der Waals surface area contributed by atoms with Crippen LogP contribution in [-0.2, 0) is 4.79 Å².